The summed E-state index contributed by atoms with van der Waals surface area (Å²) in [6.07, 6.45) is 2.97. The van der Waals surface area contributed by atoms with Gasteiger partial charge in [-0.3, -0.25) is 0 Å². The number of rotatable bonds is 4. The first kappa shape index (κ1) is 13.1. The molecule has 1 aromatic carbocycles. The zero-order chi connectivity index (χ0) is 14.2. The lowest BCUT2D eigenvalue weighted by Gasteiger charge is -2.34. The Morgan fingerprint density at radius 1 is 1.35 bits per heavy atom. The Morgan fingerprint density at radius 3 is 2.85 bits per heavy atom. The summed E-state index contributed by atoms with van der Waals surface area (Å²) in [7, 11) is 0. The van der Waals surface area contributed by atoms with E-state index in [4.69, 9.17) is 15.0 Å². The Morgan fingerprint density at radius 2 is 2.15 bits per heavy atom. The summed E-state index contributed by atoms with van der Waals surface area (Å²) < 4.78 is 11.0. The lowest BCUT2D eigenvalue weighted by Crippen LogP contribution is -2.44. The zero-order valence-electron chi connectivity index (χ0n) is 11.8. The number of hydrogen-bond donors (Lipinski definition) is 1. The standard InChI is InChI=1S/C15H19N3O2/c1-10-4-5-11(2)12(8-10)19-9-13-17-14(18-20-13)15(16)6-3-7-15/h4-5,8H,3,6-7,9,16H2,1-2H3. The van der Waals surface area contributed by atoms with Crippen molar-refractivity contribution >= 4 is 0 Å². The largest absolute Gasteiger partial charge is 0.483 e. The van der Waals surface area contributed by atoms with Gasteiger partial charge in [0.05, 0.1) is 5.54 Å². The van der Waals surface area contributed by atoms with Crippen LogP contribution < -0.4 is 10.5 Å². The molecule has 5 heteroatoms. The minimum absolute atomic E-state index is 0.271. The number of aromatic nitrogens is 2. The van der Waals surface area contributed by atoms with E-state index in [1.807, 2.05) is 26.0 Å². The monoisotopic (exact) mass is 273 g/mol. The third-order valence-corrected chi connectivity index (χ3v) is 3.85. The summed E-state index contributed by atoms with van der Waals surface area (Å²) in [6, 6.07) is 6.10. The van der Waals surface area contributed by atoms with E-state index < -0.39 is 0 Å². The van der Waals surface area contributed by atoms with E-state index in [-0.39, 0.29) is 12.1 Å². The first-order valence-corrected chi connectivity index (χ1v) is 6.89. The van der Waals surface area contributed by atoms with Gasteiger partial charge < -0.3 is 15.0 Å². The summed E-state index contributed by atoms with van der Waals surface area (Å²) in [6.45, 7) is 4.32. The Kier molecular flexibility index (Phi) is 3.22. The molecule has 20 heavy (non-hydrogen) atoms. The molecule has 1 saturated carbocycles. The van der Waals surface area contributed by atoms with Gasteiger partial charge in [0, 0.05) is 0 Å². The third-order valence-electron chi connectivity index (χ3n) is 3.85. The van der Waals surface area contributed by atoms with Crippen molar-refractivity contribution in [2.75, 3.05) is 0 Å². The maximum absolute atomic E-state index is 6.16. The van der Waals surface area contributed by atoms with Crippen molar-refractivity contribution in [2.24, 2.45) is 5.73 Å². The molecule has 2 aromatic rings. The number of ether oxygens (including phenoxy) is 1. The molecule has 2 N–H and O–H groups in total. The molecule has 0 unspecified atom stereocenters. The molecule has 0 amide bonds. The topological polar surface area (TPSA) is 74.2 Å². The summed E-state index contributed by atoms with van der Waals surface area (Å²) in [4.78, 5) is 4.34. The van der Waals surface area contributed by atoms with Crippen LogP contribution in [0.15, 0.2) is 22.7 Å². The predicted octanol–water partition coefficient (Wildman–Crippen LogP) is 2.60. The van der Waals surface area contributed by atoms with Crippen LogP contribution in [-0.2, 0) is 12.1 Å². The van der Waals surface area contributed by atoms with E-state index in [9.17, 15) is 0 Å². The minimum atomic E-state index is -0.388. The van der Waals surface area contributed by atoms with Crippen LogP contribution in [0.4, 0.5) is 0 Å². The highest BCUT2D eigenvalue weighted by atomic mass is 16.5. The molecule has 0 bridgehead atoms. The molecule has 106 valence electrons. The molecule has 1 aliphatic carbocycles. The highest BCUT2D eigenvalue weighted by Gasteiger charge is 2.38. The van der Waals surface area contributed by atoms with Gasteiger partial charge in [-0.1, -0.05) is 17.3 Å². The molecule has 1 heterocycles. The molecule has 1 aliphatic rings. The molecule has 0 spiro atoms. The van der Waals surface area contributed by atoms with Gasteiger partial charge in [-0.25, -0.2) is 0 Å². The maximum Gasteiger partial charge on any atom is 0.264 e. The fourth-order valence-corrected chi connectivity index (χ4v) is 2.30. The summed E-state index contributed by atoms with van der Waals surface area (Å²) in [5.74, 6) is 1.91. The molecule has 0 radical (unpaired) electrons. The van der Waals surface area contributed by atoms with E-state index >= 15 is 0 Å². The van der Waals surface area contributed by atoms with E-state index in [0.717, 1.165) is 36.1 Å². The van der Waals surface area contributed by atoms with Gasteiger partial charge in [-0.2, -0.15) is 4.98 Å². The third kappa shape index (κ3) is 2.41. The minimum Gasteiger partial charge on any atom is -0.483 e. The first-order valence-electron chi connectivity index (χ1n) is 6.89. The van der Waals surface area contributed by atoms with Gasteiger partial charge in [0.15, 0.2) is 12.4 Å². The van der Waals surface area contributed by atoms with Crippen molar-refractivity contribution in [3.05, 3.63) is 41.0 Å². The molecule has 3 rings (SSSR count). The Balaban J connectivity index is 1.68. The van der Waals surface area contributed by atoms with Crippen molar-refractivity contribution in [1.82, 2.24) is 10.1 Å². The number of nitrogens with zero attached hydrogens (tertiary/aromatic N) is 2. The number of benzene rings is 1. The fraction of sp³-hybridized carbons (Fsp3) is 0.467. The van der Waals surface area contributed by atoms with E-state index in [1.54, 1.807) is 0 Å². The SMILES string of the molecule is Cc1ccc(C)c(OCc2nc(C3(N)CCC3)no2)c1. The van der Waals surface area contributed by atoms with Crippen LogP contribution in [0.2, 0.25) is 0 Å². The second kappa shape index (κ2) is 4.90. The van der Waals surface area contributed by atoms with Crippen molar-refractivity contribution in [3.8, 4) is 5.75 Å². The summed E-state index contributed by atoms with van der Waals surface area (Å²) in [5, 5.41) is 3.97. The molecular weight excluding hydrogens is 254 g/mol. The van der Waals surface area contributed by atoms with Gasteiger partial charge in [-0.05, 0) is 50.3 Å². The van der Waals surface area contributed by atoms with Crippen molar-refractivity contribution in [2.45, 2.75) is 45.3 Å². The lowest BCUT2D eigenvalue weighted by atomic mass is 9.77. The van der Waals surface area contributed by atoms with Crippen molar-refractivity contribution in [1.29, 1.82) is 0 Å². The lowest BCUT2D eigenvalue weighted by molar-refractivity contribution is 0.222. The first-order chi connectivity index (χ1) is 9.57. The van der Waals surface area contributed by atoms with Crippen LogP contribution in [0.5, 0.6) is 5.75 Å². The van der Waals surface area contributed by atoms with Crippen LogP contribution >= 0.6 is 0 Å². The van der Waals surface area contributed by atoms with E-state index in [2.05, 4.69) is 16.2 Å². The molecule has 1 fully saturated rings. The van der Waals surface area contributed by atoms with Gasteiger partial charge in [0.1, 0.15) is 5.75 Å². The highest BCUT2D eigenvalue weighted by molar-refractivity contribution is 5.35. The molecule has 5 nitrogen and oxygen atoms in total. The molecule has 0 aliphatic heterocycles. The average Bonchev–Trinajstić information content (AvgIpc) is 2.86. The Hall–Kier alpha value is -1.88. The fourth-order valence-electron chi connectivity index (χ4n) is 2.30. The molecular formula is C15H19N3O2. The average molecular weight is 273 g/mol. The normalized spacial score (nSPS) is 16.8. The Bertz CT molecular complexity index is 617. The van der Waals surface area contributed by atoms with Crippen molar-refractivity contribution in [3.63, 3.8) is 0 Å². The van der Waals surface area contributed by atoms with Gasteiger partial charge in [0.2, 0.25) is 0 Å². The summed E-state index contributed by atoms with van der Waals surface area (Å²) in [5.41, 5.74) is 8.02. The van der Waals surface area contributed by atoms with Crippen LogP contribution in [0, 0.1) is 13.8 Å². The summed E-state index contributed by atoms with van der Waals surface area (Å²) >= 11 is 0. The molecule has 0 saturated heterocycles. The van der Waals surface area contributed by atoms with Gasteiger partial charge in [-0.15, -0.1) is 0 Å². The van der Waals surface area contributed by atoms with Crippen molar-refractivity contribution < 1.29 is 9.26 Å². The zero-order valence-corrected chi connectivity index (χ0v) is 11.8. The highest BCUT2D eigenvalue weighted by Crippen LogP contribution is 2.36. The van der Waals surface area contributed by atoms with E-state index in [0.29, 0.717) is 11.7 Å². The quantitative estimate of drug-likeness (QED) is 0.926. The van der Waals surface area contributed by atoms with Crippen LogP contribution in [0.25, 0.3) is 0 Å². The molecule has 1 aromatic heterocycles. The van der Waals surface area contributed by atoms with Gasteiger partial charge in [0.25, 0.3) is 5.89 Å². The number of nitrogens with two attached hydrogens (primary N) is 1. The van der Waals surface area contributed by atoms with Crippen LogP contribution in [-0.4, -0.2) is 10.1 Å². The smallest absolute Gasteiger partial charge is 0.264 e. The maximum atomic E-state index is 6.16. The van der Waals surface area contributed by atoms with E-state index in [1.165, 1.54) is 0 Å². The predicted molar refractivity (Wildman–Crippen MR) is 74.3 cm³/mol. The van der Waals surface area contributed by atoms with Crippen LogP contribution in [0.1, 0.15) is 42.1 Å². The second-order valence-electron chi connectivity index (χ2n) is 5.58. The second-order valence-corrected chi connectivity index (χ2v) is 5.58. The molecule has 0 atom stereocenters. The Labute approximate surface area is 118 Å². The number of aryl methyl sites for hydroxylation is 2. The van der Waals surface area contributed by atoms with Crippen LogP contribution in [0.3, 0.4) is 0 Å². The number of hydrogen-bond acceptors (Lipinski definition) is 5. The van der Waals surface area contributed by atoms with Gasteiger partial charge >= 0.3 is 0 Å².